The first-order valence-electron chi connectivity index (χ1n) is 5.91. The van der Waals surface area contributed by atoms with Crippen LogP contribution in [0.25, 0.3) is 10.9 Å². The molecular weight excluding hydrogens is 226 g/mol. The fourth-order valence-corrected chi connectivity index (χ4v) is 2.10. The molecule has 0 aliphatic rings. The van der Waals surface area contributed by atoms with Gasteiger partial charge >= 0.3 is 0 Å². The van der Waals surface area contributed by atoms with E-state index in [9.17, 15) is 4.79 Å². The van der Waals surface area contributed by atoms with Crippen LogP contribution in [-0.4, -0.2) is 16.4 Å². The van der Waals surface area contributed by atoms with Crippen molar-refractivity contribution in [1.29, 1.82) is 0 Å². The minimum atomic E-state index is -0.512. The highest BCUT2D eigenvalue weighted by atomic mass is 16.1. The van der Waals surface area contributed by atoms with E-state index in [0.717, 1.165) is 22.2 Å². The van der Waals surface area contributed by atoms with Crippen LogP contribution in [0.5, 0.6) is 0 Å². The largest absolute Gasteiger partial charge is 0.348 e. The van der Waals surface area contributed by atoms with Gasteiger partial charge in [-0.3, -0.25) is 4.79 Å². The summed E-state index contributed by atoms with van der Waals surface area (Å²) in [7, 11) is 0. The molecule has 2 rings (SSSR count). The third-order valence-corrected chi connectivity index (χ3v) is 3.05. The lowest BCUT2D eigenvalue weighted by Crippen LogP contribution is -2.36. The number of nitrogens with zero attached hydrogens (tertiary/aromatic N) is 2. The number of para-hydroxylation sites is 1. The first-order valence-corrected chi connectivity index (χ1v) is 5.91. The van der Waals surface area contributed by atoms with Crippen LogP contribution in [0.2, 0.25) is 0 Å². The van der Waals surface area contributed by atoms with Gasteiger partial charge in [0.15, 0.2) is 0 Å². The summed E-state index contributed by atoms with van der Waals surface area (Å²) in [5, 5.41) is 3.79. The smallest absolute Gasteiger partial charge is 0.207 e. The third-order valence-electron chi connectivity index (χ3n) is 3.05. The van der Waals surface area contributed by atoms with Crippen molar-refractivity contribution in [3.63, 3.8) is 0 Å². The number of hydrogen-bond donors (Lipinski definition) is 1. The van der Waals surface area contributed by atoms with Crippen LogP contribution in [0, 0.1) is 13.8 Å². The molecule has 0 bridgehead atoms. The van der Waals surface area contributed by atoms with E-state index >= 15 is 0 Å². The van der Waals surface area contributed by atoms with Crippen molar-refractivity contribution in [2.45, 2.75) is 33.2 Å². The van der Waals surface area contributed by atoms with Crippen LogP contribution in [0.4, 0.5) is 0 Å². The summed E-state index contributed by atoms with van der Waals surface area (Å²) in [6.07, 6.45) is 0.707. The fraction of sp³-hybridized carbons (Fsp3) is 0.357. The maximum Gasteiger partial charge on any atom is 0.207 e. The number of amides is 1. The lowest BCUT2D eigenvalue weighted by Gasteiger charge is -2.25. The number of benzene rings is 1. The number of rotatable bonds is 3. The van der Waals surface area contributed by atoms with E-state index in [1.54, 1.807) is 0 Å². The molecule has 0 saturated carbocycles. The molecule has 0 spiro atoms. The molecule has 0 unspecified atom stereocenters. The standard InChI is InChI=1S/C14H17N3O/c1-9-6-5-7-11-12(9)16-10(2)17-13(11)14(3,4)15-8-18/h5-8H,1-4H3,(H,15,18). The Morgan fingerprint density at radius 2 is 1.94 bits per heavy atom. The molecule has 94 valence electrons. The van der Waals surface area contributed by atoms with Gasteiger partial charge in [0.2, 0.25) is 6.41 Å². The predicted molar refractivity (Wildman–Crippen MR) is 71.2 cm³/mol. The lowest BCUT2D eigenvalue weighted by atomic mass is 9.95. The molecule has 1 amide bonds. The van der Waals surface area contributed by atoms with Gasteiger partial charge in [-0.05, 0) is 33.3 Å². The number of carbonyl (C=O) groups excluding carboxylic acids is 1. The summed E-state index contributed by atoms with van der Waals surface area (Å²) in [6, 6.07) is 6.00. The van der Waals surface area contributed by atoms with Crippen LogP contribution >= 0.6 is 0 Å². The molecule has 0 aliphatic heterocycles. The number of carbonyl (C=O) groups is 1. The molecule has 0 aliphatic carbocycles. The summed E-state index contributed by atoms with van der Waals surface area (Å²) in [5.74, 6) is 0.715. The van der Waals surface area contributed by atoms with E-state index in [0.29, 0.717) is 12.2 Å². The minimum absolute atomic E-state index is 0.512. The molecule has 0 fully saturated rings. The van der Waals surface area contributed by atoms with Gasteiger partial charge in [0, 0.05) is 5.39 Å². The van der Waals surface area contributed by atoms with E-state index < -0.39 is 5.54 Å². The summed E-state index contributed by atoms with van der Waals surface area (Å²) in [5.41, 5.74) is 2.39. The maximum atomic E-state index is 10.7. The highest BCUT2D eigenvalue weighted by molar-refractivity contribution is 5.84. The predicted octanol–water partition coefficient (Wildman–Crippen LogP) is 2.23. The maximum absolute atomic E-state index is 10.7. The zero-order chi connectivity index (χ0) is 13.3. The van der Waals surface area contributed by atoms with Gasteiger partial charge in [0.05, 0.1) is 16.7 Å². The summed E-state index contributed by atoms with van der Waals surface area (Å²) >= 11 is 0. The van der Waals surface area contributed by atoms with Crippen LogP contribution in [0.3, 0.4) is 0 Å². The lowest BCUT2D eigenvalue weighted by molar-refractivity contribution is -0.111. The highest BCUT2D eigenvalue weighted by Crippen LogP contribution is 2.27. The Kier molecular flexibility index (Phi) is 3.03. The Bertz CT molecular complexity index is 605. The molecule has 2 aromatic rings. The molecule has 18 heavy (non-hydrogen) atoms. The van der Waals surface area contributed by atoms with Gasteiger partial charge in [0.25, 0.3) is 0 Å². The van der Waals surface area contributed by atoms with Crippen LogP contribution < -0.4 is 5.32 Å². The number of fused-ring (bicyclic) bond motifs is 1. The Hall–Kier alpha value is -1.97. The molecule has 1 aromatic carbocycles. The van der Waals surface area contributed by atoms with E-state index in [1.165, 1.54) is 0 Å². The number of nitrogens with one attached hydrogen (secondary N) is 1. The SMILES string of the molecule is Cc1nc(C(C)(C)NC=O)c2cccc(C)c2n1. The number of aryl methyl sites for hydroxylation is 2. The van der Waals surface area contributed by atoms with Gasteiger partial charge in [-0.25, -0.2) is 9.97 Å². The molecule has 1 N–H and O–H groups in total. The van der Waals surface area contributed by atoms with E-state index in [4.69, 9.17) is 0 Å². The average Bonchev–Trinajstić information content (AvgIpc) is 2.29. The summed E-state index contributed by atoms with van der Waals surface area (Å²) in [6.45, 7) is 7.76. The second-order valence-electron chi connectivity index (χ2n) is 4.98. The first kappa shape index (κ1) is 12.5. The molecule has 1 heterocycles. The van der Waals surface area contributed by atoms with Crippen molar-refractivity contribution in [2.75, 3.05) is 0 Å². The molecule has 1 aromatic heterocycles. The Labute approximate surface area is 106 Å². The quantitative estimate of drug-likeness (QED) is 0.841. The third kappa shape index (κ3) is 2.06. The van der Waals surface area contributed by atoms with E-state index in [2.05, 4.69) is 15.3 Å². The molecule has 4 nitrogen and oxygen atoms in total. The van der Waals surface area contributed by atoms with Gasteiger partial charge < -0.3 is 5.32 Å². The number of aromatic nitrogens is 2. The van der Waals surface area contributed by atoms with Gasteiger partial charge in [-0.2, -0.15) is 0 Å². The van der Waals surface area contributed by atoms with Crippen molar-refractivity contribution >= 4 is 17.3 Å². The van der Waals surface area contributed by atoms with Gasteiger partial charge in [-0.15, -0.1) is 0 Å². The molecular formula is C14H17N3O. The zero-order valence-corrected chi connectivity index (χ0v) is 11.1. The average molecular weight is 243 g/mol. The van der Waals surface area contributed by atoms with Crippen LogP contribution in [0.15, 0.2) is 18.2 Å². The van der Waals surface area contributed by atoms with Crippen LogP contribution in [-0.2, 0) is 10.3 Å². The summed E-state index contributed by atoms with van der Waals surface area (Å²) in [4.78, 5) is 19.7. The zero-order valence-electron chi connectivity index (χ0n) is 11.1. The minimum Gasteiger partial charge on any atom is -0.348 e. The Morgan fingerprint density at radius 3 is 2.61 bits per heavy atom. The van der Waals surface area contributed by atoms with E-state index in [1.807, 2.05) is 45.9 Å². The normalized spacial score (nSPS) is 11.6. The van der Waals surface area contributed by atoms with E-state index in [-0.39, 0.29) is 0 Å². The second-order valence-corrected chi connectivity index (χ2v) is 4.98. The molecule has 4 heteroatoms. The van der Waals surface area contributed by atoms with Crippen molar-refractivity contribution < 1.29 is 4.79 Å². The highest BCUT2D eigenvalue weighted by Gasteiger charge is 2.24. The van der Waals surface area contributed by atoms with Gasteiger partial charge in [0.1, 0.15) is 5.82 Å². The monoisotopic (exact) mass is 243 g/mol. The summed E-state index contributed by atoms with van der Waals surface area (Å²) < 4.78 is 0. The first-order chi connectivity index (χ1) is 8.45. The van der Waals surface area contributed by atoms with Gasteiger partial charge in [-0.1, -0.05) is 18.2 Å². The van der Waals surface area contributed by atoms with Crippen LogP contribution in [0.1, 0.15) is 30.9 Å². The van der Waals surface area contributed by atoms with Crippen molar-refractivity contribution in [2.24, 2.45) is 0 Å². The Morgan fingerprint density at radius 1 is 1.22 bits per heavy atom. The molecule has 0 radical (unpaired) electrons. The topological polar surface area (TPSA) is 54.9 Å². The Balaban J connectivity index is 2.78. The second kappa shape index (κ2) is 4.37. The molecule has 0 atom stereocenters. The van der Waals surface area contributed by atoms with Crippen molar-refractivity contribution in [3.8, 4) is 0 Å². The number of hydrogen-bond acceptors (Lipinski definition) is 3. The fourth-order valence-electron chi connectivity index (χ4n) is 2.10. The van der Waals surface area contributed by atoms with Crippen molar-refractivity contribution in [1.82, 2.24) is 15.3 Å². The van der Waals surface area contributed by atoms with Crippen molar-refractivity contribution in [3.05, 3.63) is 35.3 Å². The molecule has 0 saturated heterocycles.